The van der Waals surface area contributed by atoms with Gasteiger partial charge >= 0.3 is 6.18 Å². The van der Waals surface area contributed by atoms with Crippen LogP contribution in [0, 0.1) is 0 Å². The number of aromatic nitrogens is 1. The Morgan fingerprint density at radius 3 is 2.67 bits per heavy atom. The third-order valence-corrected chi connectivity index (χ3v) is 7.26. The van der Waals surface area contributed by atoms with Crippen LogP contribution in [0.2, 0.25) is 0 Å². The lowest BCUT2D eigenvalue weighted by atomic mass is 10.0. The molecule has 36 heavy (non-hydrogen) atoms. The number of benzene rings is 2. The van der Waals surface area contributed by atoms with Crippen LogP contribution < -0.4 is 15.8 Å². The fourth-order valence-electron chi connectivity index (χ4n) is 4.37. The maximum absolute atomic E-state index is 13.3. The monoisotopic (exact) mass is 511 g/mol. The summed E-state index contributed by atoms with van der Waals surface area (Å²) < 4.78 is 52.5. The molecular weight excluding hydrogens is 487 g/mol. The normalized spacial score (nSPS) is 12.9. The number of hydrogen-bond acceptors (Lipinski definition) is 6. The zero-order chi connectivity index (χ0) is 25.4. The van der Waals surface area contributed by atoms with Crippen LogP contribution in [0.4, 0.5) is 13.2 Å². The summed E-state index contributed by atoms with van der Waals surface area (Å²) in [6, 6.07) is 15.8. The Labute approximate surface area is 209 Å². The number of pyridine rings is 1. The summed E-state index contributed by atoms with van der Waals surface area (Å²) in [4.78, 5) is 3.84. The van der Waals surface area contributed by atoms with Gasteiger partial charge in [-0.25, -0.2) is 4.98 Å². The third kappa shape index (κ3) is 4.45. The van der Waals surface area contributed by atoms with Gasteiger partial charge in [-0.15, -0.1) is 11.3 Å². The maximum Gasteiger partial charge on any atom is 0.433 e. The molecule has 0 spiro atoms. The molecule has 5 rings (SSSR count). The molecule has 1 unspecified atom stereocenters. The van der Waals surface area contributed by atoms with E-state index in [0.717, 1.165) is 11.6 Å². The van der Waals surface area contributed by atoms with Crippen molar-refractivity contribution in [2.45, 2.75) is 32.2 Å². The Bertz CT molecular complexity index is 1540. The maximum atomic E-state index is 13.3. The highest BCUT2D eigenvalue weighted by molar-refractivity contribution is 7.17. The number of methoxy groups -OCH3 is 1. The van der Waals surface area contributed by atoms with Gasteiger partial charge in [0, 0.05) is 33.8 Å². The van der Waals surface area contributed by atoms with Crippen LogP contribution in [-0.2, 0) is 19.3 Å². The summed E-state index contributed by atoms with van der Waals surface area (Å²) in [6.07, 6.45) is -4.56. The van der Waals surface area contributed by atoms with Gasteiger partial charge in [-0.05, 0) is 59.7 Å². The van der Waals surface area contributed by atoms with Gasteiger partial charge in [0.15, 0.2) is 0 Å². The molecule has 0 aliphatic rings. The van der Waals surface area contributed by atoms with Gasteiger partial charge in [0.2, 0.25) is 0 Å². The Morgan fingerprint density at radius 2 is 1.92 bits per heavy atom. The molecule has 2 aromatic carbocycles. The SMILES string of the molecule is COc1ccc(-c2cc(C(C)NCc3csc4ccccc34)c(CN)o2)c2ccc(C(F)(F)F)nc12. The minimum absolute atomic E-state index is 0.0702. The Kier molecular flexibility index (Phi) is 6.46. The molecule has 5 nitrogen and oxygen atoms in total. The van der Waals surface area contributed by atoms with Crippen molar-refractivity contribution in [2.75, 3.05) is 7.11 Å². The number of nitrogens with zero attached hydrogens (tertiary/aromatic N) is 1. The number of halogens is 3. The van der Waals surface area contributed by atoms with Crippen molar-refractivity contribution in [2.24, 2.45) is 5.73 Å². The predicted octanol–water partition coefficient (Wildman–Crippen LogP) is 7.05. The van der Waals surface area contributed by atoms with E-state index in [1.54, 1.807) is 23.5 Å². The molecule has 186 valence electrons. The van der Waals surface area contributed by atoms with Gasteiger partial charge in [0.25, 0.3) is 0 Å². The van der Waals surface area contributed by atoms with Gasteiger partial charge in [-0.3, -0.25) is 0 Å². The summed E-state index contributed by atoms with van der Waals surface area (Å²) >= 11 is 1.71. The number of fused-ring (bicyclic) bond motifs is 2. The topological polar surface area (TPSA) is 73.3 Å². The van der Waals surface area contributed by atoms with Crippen molar-refractivity contribution in [1.29, 1.82) is 0 Å². The molecule has 3 heterocycles. The molecule has 0 bridgehead atoms. The number of ether oxygens (including phenoxy) is 1. The lowest BCUT2D eigenvalue weighted by Gasteiger charge is -2.13. The van der Waals surface area contributed by atoms with Crippen LogP contribution in [-0.4, -0.2) is 12.1 Å². The third-order valence-electron chi connectivity index (χ3n) is 6.25. The highest BCUT2D eigenvalue weighted by Crippen LogP contribution is 2.38. The molecule has 3 N–H and O–H groups in total. The average Bonchev–Trinajstić information content (AvgIpc) is 3.50. The van der Waals surface area contributed by atoms with Crippen LogP contribution >= 0.6 is 11.3 Å². The lowest BCUT2D eigenvalue weighted by molar-refractivity contribution is -0.140. The summed E-state index contributed by atoms with van der Waals surface area (Å²) in [6.45, 7) is 2.89. The number of hydrogen-bond donors (Lipinski definition) is 2. The molecule has 9 heteroatoms. The van der Waals surface area contributed by atoms with Crippen molar-refractivity contribution < 1.29 is 22.3 Å². The van der Waals surface area contributed by atoms with Crippen LogP contribution in [0.3, 0.4) is 0 Å². The first-order chi connectivity index (χ1) is 17.3. The summed E-state index contributed by atoms with van der Waals surface area (Å²) in [7, 11) is 1.40. The minimum Gasteiger partial charge on any atom is -0.494 e. The molecule has 0 saturated heterocycles. The van der Waals surface area contributed by atoms with Crippen LogP contribution in [0.15, 0.2) is 64.4 Å². The standard InChI is InChI=1S/C27H24F3N3O2S/c1-15(32-13-16-14-36-24-6-4-3-5-17(16)24)20-11-22(35-23(20)12-31)18-7-9-21(34-2)26-19(18)8-10-25(33-26)27(28,29)30/h3-11,14-15,32H,12-13,31H2,1-2H3. The van der Waals surface area contributed by atoms with Gasteiger partial charge < -0.3 is 20.2 Å². The van der Waals surface area contributed by atoms with E-state index in [0.29, 0.717) is 29.0 Å². The molecule has 3 aromatic heterocycles. The molecule has 0 aliphatic heterocycles. The van der Waals surface area contributed by atoms with E-state index in [1.807, 2.05) is 25.1 Å². The van der Waals surface area contributed by atoms with E-state index in [9.17, 15) is 13.2 Å². The number of thiophene rings is 1. The van der Waals surface area contributed by atoms with Crippen molar-refractivity contribution in [3.05, 3.63) is 82.6 Å². The highest BCUT2D eigenvalue weighted by atomic mass is 32.1. The van der Waals surface area contributed by atoms with Gasteiger partial charge in [-0.2, -0.15) is 13.2 Å². The van der Waals surface area contributed by atoms with Gasteiger partial charge in [-0.1, -0.05) is 18.2 Å². The van der Waals surface area contributed by atoms with Crippen molar-refractivity contribution in [3.8, 4) is 17.1 Å². The van der Waals surface area contributed by atoms with E-state index < -0.39 is 11.9 Å². The first kappa shape index (κ1) is 24.3. The zero-order valence-electron chi connectivity index (χ0n) is 19.6. The quantitative estimate of drug-likeness (QED) is 0.245. The van der Waals surface area contributed by atoms with E-state index >= 15 is 0 Å². The Balaban J connectivity index is 1.48. The number of nitrogens with two attached hydrogens (primary N) is 1. The average molecular weight is 512 g/mol. The van der Waals surface area contributed by atoms with E-state index in [4.69, 9.17) is 14.9 Å². The fourth-order valence-corrected chi connectivity index (χ4v) is 5.34. The van der Waals surface area contributed by atoms with Crippen LogP contribution in [0.1, 0.15) is 35.5 Å². The van der Waals surface area contributed by atoms with Crippen LogP contribution in [0.5, 0.6) is 5.75 Å². The highest BCUT2D eigenvalue weighted by Gasteiger charge is 2.33. The summed E-state index contributed by atoms with van der Waals surface area (Å²) in [5, 5.41) is 7.42. The number of furan rings is 1. The van der Waals surface area contributed by atoms with E-state index in [1.165, 1.54) is 28.8 Å². The summed E-state index contributed by atoms with van der Waals surface area (Å²) in [5.41, 5.74) is 7.86. The summed E-state index contributed by atoms with van der Waals surface area (Å²) in [5.74, 6) is 1.38. The number of alkyl halides is 3. The second-order valence-corrected chi connectivity index (χ2v) is 9.37. The zero-order valence-corrected chi connectivity index (χ0v) is 20.5. The van der Waals surface area contributed by atoms with Crippen molar-refractivity contribution in [1.82, 2.24) is 10.3 Å². The molecular formula is C27H24F3N3O2S. The molecule has 0 amide bonds. The Hall–Kier alpha value is -3.40. The second kappa shape index (κ2) is 9.57. The largest absolute Gasteiger partial charge is 0.494 e. The van der Waals surface area contributed by atoms with Gasteiger partial charge in [0.1, 0.15) is 28.5 Å². The molecule has 0 saturated carbocycles. The van der Waals surface area contributed by atoms with E-state index in [2.05, 4.69) is 27.8 Å². The second-order valence-electron chi connectivity index (χ2n) is 8.46. The van der Waals surface area contributed by atoms with Gasteiger partial charge in [0.05, 0.1) is 13.7 Å². The van der Waals surface area contributed by atoms with Crippen LogP contribution in [0.25, 0.3) is 32.3 Å². The fraction of sp³-hybridized carbons (Fsp3) is 0.222. The first-order valence-corrected chi connectivity index (χ1v) is 12.2. The smallest absolute Gasteiger partial charge is 0.433 e. The number of rotatable bonds is 7. The predicted molar refractivity (Wildman–Crippen MR) is 136 cm³/mol. The Morgan fingerprint density at radius 1 is 1.11 bits per heavy atom. The lowest BCUT2D eigenvalue weighted by Crippen LogP contribution is -2.19. The molecule has 1 atom stereocenters. The van der Waals surface area contributed by atoms with Crippen molar-refractivity contribution in [3.63, 3.8) is 0 Å². The number of nitrogens with one attached hydrogen (secondary N) is 1. The molecule has 5 aromatic rings. The molecule has 0 radical (unpaired) electrons. The van der Waals surface area contributed by atoms with Crippen molar-refractivity contribution >= 4 is 32.3 Å². The first-order valence-electron chi connectivity index (χ1n) is 11.4. The molecule has 0 aliphatic carbocycles. The molecule has 0 fully saturated rings. The van der Waals surface area contributed by atoms with E-state index in [-0.39, 0.29) is 23.9 Å². The minimum atomic E-state index is -4.56.